The van der Waals surface area contributed by atoms with Gasteiger partial charge in [-0.25, -0.2) is 15.0 Å². The zero-order chi connectivity index (χ0) is 12.1. The number of halogens is 1. The van der Waals surface area contributed by atoms with Crippen LogP contribution in [0.1, 0.15) is 6.92 Å². The Hall–Kier alpha value is -1.44. The van der Waals surface area contributed by atoms with Crippen molar-refractivity contribution in [3.8, 4) is 5.88 Å². The Labute approximate surface area is 113 Å². The smallest absolute Gasteiger partial charge is 0.227 e. The zero-order valence-corrected chi connectivity index (χ0v) is 11.4. The minimum atomic E-state index is 0.552. The predicted octanol–water partition coefficient (Wildman–Crippen LogP) is 2.62. The van der Waals surface area contributed by atoms with Gasteiger partial charge in [-0.3, -0.25) is 0 Å². The molecule has 1 N–H and O–H groups in total. The quantitative estimate of drug-likeness (QED) is 0.866. The Morgan fingerprint density at radius 1 is 1.18 bits per heavy atom. The van der Waals surface area contributed by atoms with Gasteiger partial charge >= 0.3 is 0 Å². The number of rotatable bonds is 4. The lowest BCUT2D eigenvalue weighted by molar-refractivity contribution is 0.327. The molecule has 2 aromatic heterocycles. The van der Waals surface area contributed by atoms with E-state index >= 15 is 0 Å². The van der Waals surface area contributed by atoms with Crippen molar-refractivity contribution >= 4 is 34.2 Å². The van der Waals surface area contributed by atoms with Gasteiger partial charge in [-0.2, -0.15) is 0 Å². The van der Waals surface area contributed by atoms with Gasteiger partial charge in [0, 0.05) is 22.0 Å². The summed E-state index contributed by atoms with van der Waals surface area (Å²) in [6.45, 7) is 2.53. The van der Waals surface area contributed by atoms with Crippen molar-refractivity contribution in [1.29, 1.82) is 0 Å². The molecule has 0 atom stereocenters. The minimum absolute atomic E-state index is 0.552. The van der Waals surface area contributed by atoms with Gasteiger partial charge in [0.05, 0.1) is 18.5 Å². The molecular formula is C11H11IN4O. The lowest BCUT2D eigenvalue weighted by Crippen LogP contribution is -1.98. The van der Waals surface area contributed by atoms with E-state index in [0.29, 0.717) is 18.4 Å². The van der Waals surface area contributed by atoms with E-state index in [-0.39, 0.29) is 0 Å². The van der Waals surface area contributed by atoms with Crippen LogP contribution in [0.4, 0.5) is 11.6 Å². The van der Waals surface area contributed by atoms with Gasteiger partial charge in [-0.05, 0) is 35.6 Å². The molecule has 0 saturated heterocycles. The number of hydrogen-bond acceptors (Lipinski definition) is 5. The van der Waals surface area contributed by atoms with Gasteiger partial charge in [0.15, 0.2) is 0 Å². The van der Waals surface area contributed by atoms with Gasteiger partial charge in [-0.15, -0.1) is 0 Å². The molecule has 0 amide bonds. The number of pyridine rings is 1. The summed E-state index contributed by atoms with van der Waals surface area (Å²) in [4.78, 5) is 12.4. The summed E-state index contributed by atoms with van der Waals surface area (Å²) in [7, 11) is 0. The first-order valence-corrected chi connectivity index (χ1v) is 6.19. The summed E-state index contributed by atoms with van der Waals surface area (Å²) >= 11 is 2.16. The fourth-order valence-corrected chi connectivity index (χ4v) is 1.47. The molecule has 0 saturated carbocycles. The summed E-state index contributed by atoms with van der Waals surface area (Å²) in [5, 5.41) is 3.06. The third kappa shape index (κ3) is 3.52. The number of nitrogens with one attached hydrogen (secondary N) is 1. The maximum Gasteiger partial charge on any atom is 0.227 e. The van der Waals surface area contributed by atoms with Crippen LogP contribution in [0.2, 0.25) is 0 Å². The second kappa shape index (κ2) is 5.76. The van der Waals surface area contributed by atoms with Crippen LogP contribution in [0.25, 0.3) is 0 Å². The molecule has 0 aliphatic heterocycles. The van der Waals surface area contributed by atoms with Crippen molar-refractivity contribution in [1.82, 2.24) is 15.0 Å². The molecule has 6 heteroatoms. The third-order valence-electron chi connectivity index (χ3n) is 1.91. The molecule has 0 unspecified atom stereocenters. The minimum Gasteiger partial charge on any atom is -0.478 e. The van der Waals surface area contributed by atoms with E-state index in [9.17, 15) is 0 Å². The molecule has 5 nitrogen and oxygen atoms in total. The molecule has 2 heterocycles. The average molecular weight is 342 g/mol. The van der Waals surface area contributed by atoms with E-state index in [1.165, 1.54) is 0 Å². The van der Waals surface area contributed by atoms with Crippen LogP contribution in [-0.4, -0.2) is 21.6 Å². The molecule has 0 aliphatic carbocycles. The largest absolute Gasteiger partial charge is 0.478 e. The fourth-order valence-electron chi connectivity index (χ4n) is 1.19. The van der Waals surface area contributed by atoms with Crippen LogP contribution in [-0.2, 0) is 0 Å². The van der Waals surface area contributed by atoms with Crippen LogP contribution >= 0.6 is 22.6 Å². The lowest BCUT2D eigenvalue weighted by atomic mass is 10.4. The van der Waals surface area contributed by atoms with E-state index in [0.717, 1.165) is 9.26 Å². The second-order valence-corrected chi connectivity index (χ2v) is 4.41. The first-order valence-electron chi connectivity index (χ1n) is 5.11. The topological polar surface area (TPSA) is 59.9 Å². The van der Waals surface area contributed by atoms with Gasteiger partial charge < -0.3 is 10.1 Å². The first kappa shape index (κ1) is 12.0. The van der Waals surface area contributed by atoms with Gasteiger partial charge in [0.25, 0.3) is 0 Å². The van der Waals surface area contributed by atoms with Crippen molar-refractivity contribution in [2.45, 2.75) is 6.92 Å². The Morgan fingerprint density at radius 3 is 2.53 bits per heavy atom. The molecule has 0 aliphatic rings. The third-order valence-corrected chi connectivity index (χ3v) is 2.46. The number of nitrogens with zero attached hydrogens (tertiary/aromatic N) is 3. The Bertz CT molecular complexity index is 472. The van der Waals surface area contributed by atoms with E-state index < -0.39 is 0 Å². The van der Waals surface area contributed by atoms with E-state index in [1.54, 1.807) is 24.7 Å². The van der Waals surface area contributed by atoms with Crippen LogP contribution in [0, 0.1) is 3.57 Å². The monoisotopic (exact) mass is 342 g/mol. The molecule has 0 aromatic carbocycles. The molecule has 0 spiro atoms. The summed E-state index contributed by atoms with van der Waals surface area (Å²) in [5.74, 6) is 1.16. The summed E-state index contributed by atoms with van der Waals surface area (Å²) < 4.78 is 6.25. The zero-order valence-electron chi connectivity index (χ0n) is 9.22. The summed E-state index contributed by atoms with van der Waals surface area (Å²) in [5.41, 5.74) is 0.828. The first-order chi connectivity index (χ1) is 8.28. The average Bonchev–Trinajstić information content (AvgIpc) is 2.35. The van der Waals surface area contributed by atoms with Crippen LogP contribution in [0.3, 0.4) is 0 Å². The lowest BCUT2D eigenvalue weighted by Gasteiger charge is -2.05. The molecule has 0 radical (unpaired) electrons. The van der Waals surface area contributed by atoms with Crippen molar-refractivity contribution < 1.29 is 4.74 Å². The van der Waals surface area contributed by atoms with Gasteiger partial charge in [0.2, 0.25) is 11.8 Å². The van der Waals surface area contributed by atoms with Crippen molar-refractivity contribution in [2.24, 2.45) is 0 Å². The number of hydrogen-bond donors (Lipinski definition) is 1. The highest BCUT2D eigenvalue weighted by Gasteiger charge is 1.99. The highest BCUT2D eigenvalue weighted by molar-refractivity contribution is 14.1. The predicted molar refractivity (Wildman–Crippen MR) is 73.4 cm³/mol. The highest BCUT2D eigenvalue weighted by atomic mass is 127. The maximum atomic E-state index is 5.26. The van der Waals surface area contributed by atoms with Crippen molar-refractivity contribution in [3.63, 3.8) is 0 Å². The van der Waals surface area contributed by atoms with Crippen LogP contribution in [0.15, 0.2) is 30.7 Å². The SMILES string of the molecule is CCOc1ccc(Nc2ncc(I)cn2)cn1. The molecule has 88 valence electrons. The summed E-state index contributed by atoms with van der Waals surface area (Å²) in [6.07, 6.45) is 5.18. The van der Waals surface area contributed by atoms with E-state index in [1.807, 2.05) is 13.0 Å². The fraction of sp³-hybridized carbons (Fsp3) is 0.182. The number of anilines is 2. The van der Waals surface area contributed by atoms with Gasteiger partial charge in [-0.1, -0.05) is 0 Å². The molecule has 0 fully saturated rings. The molecule has 0 bridgehead atoms. The molecule has 2 rings (SSSR count). The Morgan fingerprint density at radius 2 is 1.94 bits per heavy atom. The number of ether oxygens (including phenoxy) is 1. The Balaban J connectivity index is 2.05. The van der Waals surface area contributed by atoms with Crippen molar-refractivity contribution in [3.05, 3.63) is 34.3 Å². The standard InChI is InChI=1S/C11H11IN4O/c1-2-17-10-4-3-9(7-13-10)16-11-14-5-8(12)6-15-11/h3-7H,2H2,1H3,(H,14,15,16). The van der Waals surface area contributed by atoms with Crippen molar-refractivity contribution in [2.75, 3.05) is 11.9 Å². The Kier molecular flexibility index (Phi) is 4.08. The highest BCUT2D eigenvalue weighted by Crippen LogP contribution is 2.15. The van der Waals surface area contributed by atoms with E-state index in [2.05, 4.69) is 42.9 Å². The van der Waals surface area contributed by atoms with E-state index in [4.69, 9.17) is 4.74 Å². The van der Waals surface area contributed by atoms with Crippen LogP contribution < -0.4 is 10.1 Å². The summed E-state index contributed by atoms with van der Waals surface area (Å²) in [6, 6.07) is 3.68. The molecule has 17 heavy (non-hydrogen) atoms. The second-order valence-electron chi connectivity index (χ2n) is 3.17. The normalized spacial score (nSPS) is 10.0. The molecular weight excluding hydrogens is 331 g/mol. The van der Waals surface area contributed by atoms with Crippen LogP contribution in [0.5, 0.6) is 5.88 Å². The molecule has 2 aromatic rings. The maximum absolute atomic E-state index is 5.26. The van der Waals surface area contributed by atoms with Gasteiger partial charge in [0.1, 0.15) is 0 Å². The number of aromatic nitrogens is 3.